The summed E-state index contributed by atoms with van der Waals surface area (Å²) in [6.45, 7) is 8.37. The van der Waals surface area contributed by atoms with Crippen LogP contribution in [0.1, 0.15) is 39.2 Å². The summed E-state index contributed by atoms with van der Waals surface area (Å²) in [6, 6.07) is 0.153. The van der Waals surface area contributed by atoms with Crippen molar-refractivity contribution < 1.29 is 0 Å². The Morgan fingerprint density at radius 1 is 1.50 bits per heavy atom. The first-order valence-electron chi connectivity index (χ1n) is 5.47. The highest BCUT2D eigenvalue weighted by Gasteiger charge is 2.21. The first kappa shape index (κ1) is 11.5. The van der Waals surface area contributed by atoms with Gasteiger partial charge < -0.3 is 5.73 Å². The molecule has 0 amide bonds. The molecule has 16 heavy (non-hydrogen) atoms. The standard InChI is InChI=1S/C11H18N4S/c1-7(12)5-8-6-16-10-13-9(11(2,3)4)14-15(8)10/h6-7H,5,12H2,1-4H3. The lowest BCUT2D eigenvalue weighted by Gasteiger charge is -2.12. The van der Waals surface area contributed by atoms with Crippen molar-refractivity contribution in [2.45, 2.75) is 45.6 Å². The first-order valence-corrected chi connectivity index (χ1v) is 6.35. The van der Waals surface area contributed by atoms with Gasteiger partial charge in [-0.25, -0.2) is 9.50 Å². The van der Waals surface area contributed by atoms with Gasteiger partial charge in [-0.15, -0.1) is 16.4 Å². The van der Waals surface area contributed by atoms with Gasteiger partial charge in [-0.1, -0.05) is 20.8 Å². The molecule has 88 valence electrons. The highest BCUT2D eigenvalue weighted by Crippen LogP contribution is 2.22. The van der Waals surface area contributed by atoms with E-state index in [0.717, 1.165) is 22.9 Å². The van der Waals surface area contributed by atoms with Crippen molar-refractivity contribution in [3.8, 4) is 0 Å². The molecule has 2 heterocycles. The van der Waals surface area contributed by atoms with Gasteiger partial charge in [0, 0.05) is 23.3 Å². The van der Waals surface area contributed by atoms with Crippen LogP contribution in [0.25, 0.3) is 4.96 Å². The number of nitrogens with zero attached hydrogens (tertiary/aromatic N) is 3. The van der Waals surface area contributed by atoms with Crippen LogP contribution in [-0.2, 0) is 11.8 Å². The SMILES string of the molecule is CC(N)Cc1csc2nc(C(C)(C)C)nn12. The Labute approximate surface area is 99.5 Å². The molecule has 0 bridgehead atoms. The summed E-state index contributed by atoms with van der Waals surface area (Å²) in [6.07, 6.45) is 0.840. The minimum Gasteiger partial charge on any atom is -0.328 e. The minimum absolute atomic E-state index is 0.00264. The van der Waals surface area contributed by atoms with Crippen molar-refractivity contribution in [3.05, 3.63) is 16.9 Å². The Morgan fingerprint density at radius 3 is 2.75 bits per heavy atom. The quantitative estimate of drug-likeness (QED) is 0.870. The maximum Gasteiger partial charge on any atom is 0.212 e. The summed E-state index contributed by atoms with van der Waals surface area (Å²) in [5, 5.41) is 6.65. The molecule has 4 nitrogen and oxygen atoms in total. The highest BCUT2D eigenvalue weighted by molar-refractivity contribution is 7.15. The molecule has 2 N–H and O–H groups in total. The van der Waals surface area contributed by atoms with Crippen molar-refractivity contribution in [2.24, 2.45) is 5.73 Å². The maximum atomic E-state index is 5.81. The van der Waals surface area contributed by atoms with Gasteiger partial charge in [0.1, 0.15) is 0 Å². The summed E-state index contributed by atoms with van der Waals surface area (Å²) in [7, 11) is 0. The van der Waals surface area contributed by atoms with Gasteiger partial charge in [-0.3, -0.25) is 0 Å². The van der Waals surface area contributed by atoms with Crippen LogP contribution < -0.4 is 5.73 Å². The van der Waals surface area contributed by atoms with Crippen LogP contribution in [0.15, 0.2) is 5.38 Å². The zero-order chi connectivity index (χ0) is 11.9. The van der Waals surface area contributed by atoms with E-state index >= 15 is 0 Å². The predicted octanol–water partition coefficient (Wildman–Crippen LogP) is 1.98. The molecule has 0 saturated heterocycles. The zero-order valence-corrected chi connectivity index (χ0v) is 11.0. The molecule has 0 fully saturated rings. The second-order valence-corrected chi connectivity index (χ2v) is 6.12. The van der Waals surface area contributed by atoms with Crippen molar-refractivity contribution in [1.29, 1.82) is 0 Å². The summed E-state index contributed by atoms with van der Waals surface area (Å²) in [4.78, 5) is 5.50. The average Bonchev–Trinajstić information content (AvgIpc) is 2.64. The molecule has 0 aromatic carbocycles. The van der Waals surface area contributed by atoms with Crippen molar-refractivity contribution in [3.63, 3.8) is 0 Å². The molecule has 2 aromatic rings. The Bertz CT molecular complexity index is 490. The molecule has 1 unspecified atom stereocenters. The molecular weight excluding hydrogens is 220 g/mol. The molecule has 2 aromatic heterocycles. The molecule has 0 aliphatic rings. The monoisotopic (exact) mass is 238 g/mol. The number of aromatic nitrogens is 3. The number of hydrogen-bond donors (Lipinski definition) is 1. The highest BCUT2D eigenvalue weighted by atomic mass is 32.1. The van der Waals surface area contributed by atoms with Crippen LogP contribution in [0.3, 0.4) is 0 Å². The molecule has 2 rings (SSSR count). The number of fused-ring (bicyclic) bond motifs is 1. The molecule has 0 aliphatic carbocycles. The second kappa shape index (κ2) is 3.82. The fraction of sp³-hybridized carbons (Fsp3) is 0.636. The van der Waals surface area contributed by atoms with Gasteiger partial charge in [0.05, 0.1) is 5.69 Å². The lowest BCUT2D eigenvalue weighted by molar-refractivity contribution is 0.543. The van der Waals surface area contributed by atoms with Crippen LogP contribution in [0.2, 0.25) is 0 Å². The Kier molecular flexibility index (Phi) is 2.75. The van der Waals surface area contributed by atoms with Crippen LogP contribution in [0.4, 0.5) is 0 Å². The van der Waals surface area contributed by atoms with Gasteiger partial charge in [0.2, 0.25) is 4.96 Å². The third kappa shape index (κ3) is 2.10. The van der Waals surface area contributed by atoms with Crippen molar-refractivity contribution >= 4 is 16.3 Å². The number of thiazole rings is 1. The van der Waals surface area contributed by atoms with E-state index in [9.17, 15) is 0 Å². The molecule has 1 atom stereocenters. The van der Waals surface area contributed by atoms with E-state index < -0.39 is 0 Å². The predicted molar refractivity (Wildman–Crippen MR) is 66.9 cm³/mol. The van der Waals surface area contributed by atoms with E-state index in [1.165, 1.54) is 0 Å². The summed E-state index contributed by atoms with van der Waals surface area (Å²) in [5.74, 6) is 0.894. The summed E-state index contributed by atoms with van der Waals surface area (Å²) < 4.78 is 1.93. The molecule has 0 aliphatic heterocycles. The van der Waals surface area contributed by atoms with Gasteiger partial charge >= 0.3 is 0 Å². The smallest absolute Gasteiger partial charge is 0.212 e. The van der Waals surface area contributed by atoms with Crippen LogP contribution >= 0.6 is 11.3 Å². The molecule has 0 spiro atoms. The number of rotatable bonds is 2. The molecule has 0 saturated carbocycles. The Hall–Kier alpha value is -0.940. The number of nitrogens with two attached hydrogens (primary N) is 1. The summed E-state index contributed by atoms with van der Waals surface area (Å²) >= 11 is 1.63. The third-order valence-electron chi connectivity index (χ3n) is 2.35. The van der Waals surface area contributed by atoms with E-state index in [2.05, 4.69) is 36.2 Å². The third-order valence-corrected chi connectivity index (χ3v) is 3.22. The van der Waals surface area contributed by atoms with E-state index in [1.54, 1.807) is 11.3 Å². The molecule has 0 radical (unpaired) electrons. The van der Waals surface area contributed by atoms with E-state index in [-0.39, 0.29) is 11.5 Å². The fourth-order valence-electron chi connectivity index (χ4n) is 1.51. The van der Waals surface area contributed by atoms with Gasteiger partial charge in [0.25, 0.3) is 0 Å². The first-order chi connectivity index (χ1) is 7.38. The van der Waals surface area contributed by atoms with E-state index in [4.69, 9.17) is 5.73 Å². The second-order valence-electron chi connectivity index (χ2n) is 5.29. The van der Waals surface area contributed by atoms with Gasteiger partial charge in [-0.2, -0.15) is 0 Å². The average molecular weight is 238 g/mol. The fourth-order valence-corrected chi connectivity index (χ4v) is 2.35. The Morgan fingerprint density at radius 2 is 2.19 bits per heavy atom. The maximum absolute atomic E-state index is 5.81. The minimum atomic E-state index is -0.00264. The van der Waals surface area contributed by atoms with E-state index in [1.807, 2.05) is 11.4 Å². The van der Waals surface area contributed by atoms with Gasteiger partial charge in [-0.05, 0) is 6.92 Å². The zero-order valence-electron chi connectivity index (χ0n) is 10.2. The van der Waals surface area contributed by atoms with Gasteiger partial charge in [0.15, 0.2) is 5.82 Å². The largest absolute Gasteiger partial charge is 0.328 e. The Balaban J connectivity index is 2.43. The van der Waals surface area contributed by atoms with Crippen LogP contribution in [0, 0.1) is 0 Å². The van der Waals surface area contributed by atoms with E-state index in [0.29, 0.717) is 0 Å². The van der Waals surface area contributed by atoms with Crippen LogP contribution in [-0.4, -0.2) is 20.6 Å². The summed E-state index contributed by atoms with van der Waals surface area (Å²) in [5.41, 5.74) is 6.96. The normalized spacial score (nSPS) is 14.6. The molecule has 5 heteroatoms. The lowest BCUT2D eigenvalue weighted by atomic mass is 9.96. The van der Waals surface area contributed by atoms with Crippen molar-refractivity contribution in [1.82, 2.24) is 14.6 Å². The van der Waals surface area contributed by atoms with Crippen molar-refractivity contribution in [2.75, 3.05) is 0 Å². The molecular formula is C11H18N4S. The van der Waals surface area contributed by atoms with Crippen LogP contribution in [0.5, 0.6) is 0 Å². The topological polar surface area (TPSA) is 56.2 Å². The number of hydrogen-bond acceptors (Lipinski definition) is 4. The lowest BCUT2D eigenvalue weighted by Crippen LogP contribution is -2.19.